The van der Waals surface area contributed by atoms with Crippen LogP contribution in [0.4, 0.5) is 26.3 Å². The molecule has 0 fully saturated rings. The lowest BCUT2D eigenvalue weighted by Crippen LogP contribution is -2.35. The molecule has 0 spiro atoms. The molecule has 4 N–H and O–H groups in total. The summed E-state index contributed by atoms with van der Waals surface area (Å²) in [4.78, 5) is 79.0. The van der Waals surface area contributed by atoms with Gasteiger partial charge in [0.05, 0.1) is 81.4 Å². The fourth-order valence-corrected chi connectivity index (χ4v) is 16.1. The molecule has 0 unspecified atom stereocenters. The summed E-state index contributed by atoms with van der Waals surface area (Å²) in [6.07, 6.45) is 5.28. The van der Waals surface area contributed by atoms with Gasteiger partial charge in [-0.3, -0.25) is 19.2 Å². The number of amides is 4. The van der Waals surface area contributed by atoms with Crippen molar-refractivity contribution in [2.24, 2.45) is 35.5 Å². The summed E-state index contributed by atoms with van der Waals surface area (Å²) in [5.74, 6) is 1.13. The van der Waals surface area contributed by atoms with E-state index in [1.165, 1.54) is 35.4 Å². The van der Waals surface area contributed by atoms with Gasteiger partial charge in [-0.1, -0.05) is 161 Å². The van der Waals surface area contributed by atoms with Crippen molar-refractivity contribution in [1.82, 2.24) is 79.1 Å². The summed E-state index contributed by atoms with van der Waals surface area (Å²) < 4.78 is 92.3. The minimum atomic E-state index is -0.722. The van der Waals surface area contributed by atoms with Gasteiger partial charge in [-0.05, 0) is 244 Å². The summed E-state index contributed by atoms with van der Waals surface area (Å²) in [5.41, 5.74) is 12.8. The first-order valence-electron chi connectivity index (χ1n) is 47.6. The van der Waals surface area contributed by atoms with Crippen molar-refractivity contribution in [3.63, 3.8) is 0 Å². The van der Waals surface area contributed by atoms with Crippen LogP contribution in [0.3, 0.4) is 0 Å². The molecule has 0 aliphatic heterocycles. The van der Waals surface area contributed by atoms with Gasteiger partial charge in [0, 0.05) is 89.7 Å². The zero-order valence-corrected chi connectivity index (χ0v) is 81.1. The third-order valence-corrected chi connectivity index (χ3v) is 22.0. The molecular weight excluding hydrogens is 1680 g/mol. The van der Waals surface area contributed by atoms with Crippen molar-refractivity contribution in [2.45, 2.75) is 242 Å². The molecule has 20 nitrogen and oxygen atoms in total. The second kappa shape index (κ2) is 51.8. The number of imidazole rings is 4. The number of carbonyl (C=O) groups is 4. The summed E-state index contributed by atoms with van der Waals surface area (Å²) >= 11 is 0. The fourth-order valence-electron chi connectivity index (χ4n) is 16.1. The van der Waals surface area contributed by atoms with E-state index in [9.17, 15) is 45.5 Å². The number of aryl methyl sites for hydroxylation is 4. The van der Waals surface area contributed by atoms with Crippen molar-refractivity contribution in [1.29, 1.82) is 0 Å². The lowest BCUT2D eigenvalue weighted by atomic mass is 10.1. The van der Waals surface area contributed by atoms with Gasteiger partial charge in [0.15, 0.2) is 0 Å². The SMILES string of the molecule is CCCN(Cc1nc2cc(CNCC(C)C)ccc2n1CCC)C(=O)c1cc(F)ccc1F.CCCN(Cc1nc2cc(CNCC(C)C)ccc2n1CCC)C(=O)c1cccc(F)c1.CCCn1c(CN(CC(C)C)C(=O)c2cc(F)ccc2F)nc2cc(CNCC(C)C)ccc21.CCCn1c(CN(CC(C)C)C(=O)c2cccc(F)c2)nc2cc(CNCC(C)C)ccc21. The number of carbonyl (C=O) groups excluding carboxylic acids is 4. The number of fused-ring (bicyclic) bond motifs is 4. The van der Waals surface area contributed by atoms with Gasteiger partial charge in [0.2, 0.25) is 0 Å². The Morgan fingerprint density at radius 2 is 0.568 bits per heavy atom. The van der Waals surface area contributed by atoms with Crippen molar-refractivity contribution >= 4 is 67.8 Å². The molecule has 0 aliphatic rings. The topological polar surface area (TPSA) is 201 Å². The first kappa shape index (κ1) is 105. The van der Waals surface area contributed by atoms with Crippen molar-refractivity contribution in [3.8, 4) is 0 Å². The maximum Gasteiger partial charge on any atom is 0.257 e. The van der Waals surface area contributed by atoms with Crippen molar-refractivity contribution < 1.29 is 45.5 Å². The molecule has 0 saturated carbocycles. The molecule has 0 radical (unpaired) electrons. The average molecular weight is 1820 g/mol. The van der Waals surface area contributed by atoms with Crippen LogP contribution < -0.4 is 21.3 Å². The van der Waals surface area contributed by atoms with Crippen LogP contribution in [-0.2, 0) is 78.5 Å². The van der Waals surface area contributed by atoms with E-state index in [1.54, 1.807) is 43.9 Å². The first-order chi connectivity index (χ1) is 63.2. The van der Waals surface area contributed by atoms with E-state index in [0.29, 0.717) is 80.5 Å². The second-order valence-electron chi connectivity index (χ2n) is 37.0. The molecule has 26 heteroatoms. The maximum absolute atomic E-state index is 14.4. The molecule has 12 rings (SSSR count). The van der Waals surface area contributed by atoms with Gasteiger partial charge in [0.25, 0.3) is 23.6 Å². The highest BCUT2D eigenvalue weighted by Crippen LogP contribution is 2.29. The fraction of sp³-hybridized carbons (Fsp3) is 0.472. The number of nitrogens with zero attached hydrogens (tertiary/aromatic N) is 12. The molecule has 0 atom stereocenters. The summed E-state index contributed by atoms with van der Waals surface area (Å²) in [5, 5.41) is 13.9. The van der Waals surface area contributed by atoms with Gasteiger partial charge in [-0.2, -0.15) is 0 Å². The van der Waals surface area contributed by atoms with E-state index >= 15 is 0 Å². The summed E-state index contributed by atoms with van der Waals surface area (Å²) in [6.45, 7) is 51.5. The number of aromatic nitrogens is 8. The van der Waals surface area contributed by atoms with Crippen LogP contribution in [0, 0.1) is 70.4 Å². The van der Waals surface area contributed by atoms with Gasteiger partial charge in [0.1, 0.15) is 58.2 Å². The molecule has 4 heterocycles. The van der Waals surface area contributed by atoms with Crippen LogP contribution in [0.15, 0.2) is 158 Å². The maximum atomic E-state index is 14.4. The Hall–Kier alpha value is -11.1. The molecule has 0 saturated heterocycles. The van der Waals surface area contributed by atoms with Crippen LogP contribution in [-0.4, -0.2) is 134 Å². The van der Waals surface area contributed by atoms with E-state index in [1.807, 2.05) is 27.7 Å². The van der Waals surface area contributed by atoms with Crippen LogP contribution >= 0.6 is 0 Å². The Labute approximate surface area is 778 Å². The Kier molecular flexibility index (Phi) is 41.1. The number of halogens is 6. The monoisotopic (exact) mass is 1820 g/mol. The van der Waals surface area contributed by atoms with Crippen LogP contribution in [0.2, 0.25) is 0 Å². The van der Waals surface area contributed by atoms with Gasteiger partial charge >= 0.3 is 0 Å². The summed E-state index contributed by atoms with van der Waals surface area (Å²) in [7, 11) is 0. The third kappa shape index (κ3) is 30.5. The van der Waals surface area contributed by atoms with Gasteiger partial charge < -0.3 is 59.1 Å². The predicted octanol–water partition coefficient (Wildman–Crippen LogP) is 22.3. The molecular formula is C106H142F6N16O4. The number of hydrogen-bond acceptors (Lipinski definition) is 12. The highest BCUT2D eigenvalue weighted by molar-refractivity contribution is 5.96. The van der Waals surface area contributed by atoms with Crippen LogP contribution in [0.1, 0.15) is 250 Å². The minimum absolute atomic E-state index is 0.156. The number of benzene rings is 8. The van der Waals surface area contributed by atoms with E-state index in [4.69, 9.17) is 19.9 Å². The minimum Gasteiger partial charge on any atom is -0.331 e. The molecule has 132 heavy (non-hydrogen) atoms. The van der Waals surface area contributed by atoms with E-state index < -0.39 is 46.7 Å². The second-order valence-corrected chi connectivity index (χ2v) is 37.0. The Balaban J connectivity index is 0.000000198. The molecule has 12 aromatic rings. The van der Waals surface area contributed by atoms with E-state index in [0.717, 1.165) is 226 Å². The largest absolute Gasteiger partial charge is 0.331 e. The lowest BCUT2D eigenvalue weighted by molar-refractivity contribution is 0.0706. The normalized spacial score (nSPS) is 11.6. The molecule has 4 amide bonds. The Morgan fingerprint density at radius 1 is 0.303 bits per heavy atom. The Morgan fingerprint density at radius 3 is 0.841 bits per heavy atom. The summed E-state index contributed by atoms with van der Waals surface area (Å²) in [6, 6.07) is 43.1. The molecule has 712 valence electrons. The van der Waals surface area contributed by atoms with Crippen LogP contribution in [0.25, 0.3) is 44.1 Å². The van der Waals surface area contributed by atoms with Crippen molar-refractivity contribution in [2.75, 3.05) is 52.4 Å². The quantitative estimate of drug-likeness (QED) is 0.0264. The molecule has 0 aliphatic carbocycles. The molecule has 8 aromatic carbocycles. The lowest BCUT2D eigenvalue weighted by Gasteiger charge is -2.25. The molecule has 4 aromatic heterocycles. The number of rotatable bonds is 44. The van der Waals surface area contributed by atoms with Crippen LogP contribution in [0.5, 0.6) is 0 Å². The van der Waals surface area contributed by atoms with Gasteiger partial charge in [-0.15, -0.1) is 0 Å². The first-order valence-corrected chi connectivity index (χ1v) is 47.6. The standard InChI is InChI=1S/C27H36F2N4O.C27H37FN4O.C26H34F2N4O.C26H35FN4O/c1-6-11-33-25-10-7-20(15-30-14-18(2)3)12-24(25)31-26(33)17-32(16-19(4)5)27(34)22-13-21(28)8-9-23(22)29;1-6-12-32-25-11-10-21(16-29-15-19(2)3)13-24(25)30-26(32)18-31(17-20(4)5)27(33)22-8-7-9-23(28)14-22;1-5-11-31(26(33)21-14-20(27)8-9-22(21)28)17-25-30-23-13-19(16-29-15-18(3)4)7-10-24(23)32(25)12-6-2;1-5-12-30(26(32)21-8-7-9-22(27)15-21)18-25-29-23-14-20(17-28-16-19(3)4)10-11-24(23)31(25)13-6-2/h7-10,12-13,18-19,30H,6,11,14-17H2,1-5H3;7-11,13-14,19-20,29H,6,12,15-18H2,1-5H3;7-10,13-14,18,29H,5-6,11-12,15-17H2,1-4H3;7-11,14-15,19,28H,5-6,12-13,16-18H2,1-4H3. The predicted molar refractivity (Wildman–Crippen MR) is 521 cm³/mol. The van der Waals surface area contributed by atoms with E-state index in [-0.39, 0.29) is 47.9 Å². The Bertz CT molecular complexity index is 5710. The smallest absolute Gasteiger partial charge is 0.257 e. The molecule has 0 bridgehead atoms. The highest BCUT2D eigenvalue weighted by Gasteiger charge is 2.29. The zero-order chi connectivity index (χ0) is 95.8. The zero-order valence-electron chi connectivity index (χ0n) is 81.1. The third-order valence-electron chi connectivity index (χ3n) is 22.0. The number of nitrogens with one attached hydrogen (secondary N) is 4. The highest BCUT2D eigenvalue weighted by atomic mass is 19.1. The van der Waals surface area contributed by atoms with Gasteiger partial charge in [-0.25, -0.2) is 46.3 Å². The van der Waals surface area contributed by atoms with Crippen molar-refractivity contribution in [3.05, 3.63) is 260 Å². The average Bonchev–Trinajstić information content (AvgIpc) is 1.67. The van der Waals surface area contributed by atoms with E-state index in [2.05, 4.69) is 209 Å². The number of hydrogen-bond donors (Lipinski definition) is 4.